The minimum Gasteiger partial charge on any atom is -0.348 e. The van der Waals surface area contributed by atoms with Gasteiger partial charge in [-0.2, -0.15) is 5.10 Å². The fourth-order valence-corrected chi connectivity index (χ4v) is 4.45. The van der Waals surface area contributed by atoms with Crippen molar-refractivity contribution in [2.75, 3.05) is 11.4 Å². The lowest BCUT2D eigenvalue weighted by molar-refractivity contribution is 0.103. The van der Waals surface area contributed by atoms with E-state index in [2.05, 4.69) is 43.9 Å². The largest absolute Gasteiger partial charge is 0.348 e. The Bertz CT molecular complexity index is 1470. The van der Waals surface area contributed by atoms with Crippen molar-refractivity contribution in [3.05, 3.63) is 107 Å². The molecule has 1 aliphatic heterocycles. The van der Waals surface area contributed by atoms with E-state index in [-0.39, 0.29) is 11.8 Å². The molecule has 1 aliphatic rings. The highest BCUT2D eigenvalue weighted by molar-refractivity contribution is 6.07. The number of nitrogens with one attached hydrogen (secondary N) is 1. The first-order valence-electron chi connectivity index (χ1n) is 10.9. The second-order valence-corrected chi connectivity index (χ2v) is 8.14. The van der Waals surface area contributed by atoms with Crippen LogP contribution in [0, 0.1) is 6.92 Å². The van der Waals surface area contributed by atoms with Gasteiger partial charge < -0.3 is 9.88 Å². The number of anilines is 1. The summed E-state index contributed by atoms with van der Waals surface area (Å²) in [6, 6.07) is 16.7. The van der Waals surface area contributed by atoms with Gasteiger partial charge in [-0.25, -0.2) is 19.5 Å². The van der Waals surface area contributed by atoms with E-state index in [0.717, 1.165) is 34.6 Å². The van der Waals surface area contributed by atoms with Crippen LogP contribution in [0.15, 0.2) is 73.3 Å². The van der Waals surface area contributed by atoms with E-state index in [9.17, 15) is 4.79 Å². The predicted octanol–water partition coefficient (Wildman–Crippen LogP) is 3.54. The Balaban J connectivity index is 1.45. The van der Waals surface area contributed by atoms with E-state index in [1.54, 1.807) is 30.7 Å². The molecule has 0 unspecified atom stereocenters. The zero-order valence-electron chi connectivity index (χ0n) is 18.0. The third-order valence-corrected chi connectivity index (χ3v) is 6.11. The summed E-state index contributed by atoms with van der Waals surface area (Å²) < 4.78 is 1.89. The molecule has 8 heteroatoms. The third kappa shape index (κ3) is 3.27. The summed E-state index contributed by atoms with van der Waals surface area (Å²) in [6.45, 7) is 2.75. The van der Waals surface area contributed by atoms with Crippen LogP contribution in [0.4, 0.5) is 5.95 Å². The zero-order valence-corrected chi connectivity index (χ0v) is 18.0. The molecule has 0 saturated heterocycles. The first kappa shape index (κ1) is 19.4. The number of carbonyl (C=O) groups is 1. The van der Waals surface area contributed by atoms with Gasteiger partial charge in [0.05, 0.1) is 23.2 Å². The molecule has 0 amide bonds. The molecule has 0 spiro atoms. The van der Waals surface area contributed by atoms with Gasteiger partial charge in [0.2, 0.25) is 11.7 Å². The number of nitrogens with zero attached hydrogens (tertiary/aromatic N) is 6. The van der Waals surface area contributed by atoms with E-state index in [1.807, 2.05) is 35.0 Å². The van der Waals surface area contributed by atoms with Gasteiger partial charge in [0.25, 0.3) is 0 Å². The first-order valence-corrected chi connectivity index (χ1v) is 10.9. The van der Waals surface area contributed by atoms with Crippen molar-refractivity contribution in [1.82, 2.24) is 29.5 Å². The molecule has 33 heavy (non-hydrogen) atoms. The monoisotopic (exact) mass is 435 g/mol. The third-order valence-electron chi connectivity index (χ3n) is 6.11. The number of carbonyl (C=O) groups excluding carboxylic acids is 1. The summed E-state index contributed by atoms with van der Waals surface area (Å²) in [4.78, 5) is 32.2. The molecule has 0 bridgehead atoms. The zero-order chi connectivity index (χ0) is 22.4. The van der Waals surface area contributed by atoms with Crippen molar-refractivity contribution in [2.45, 2.75) is 19.4 Å². The standard InChI is InChI=1S/C25H21N7O/c1-16-6-5-12-32-21(16)14-20(30-32)23-22-18(27-15-28-22)10-13-31(23)25-26-11-9-19(29-25)24(33)17-7-3-2-4-8-17/h2-9,11-12,14-15,23H,10,13H2,1H3,(H,27,28)/t23-/m1/s1. The summed E-state index contributed by atoms with van der Waals surface area (Å²) in [5, 5.41) is 4.86. The number of pyridine rings is 1. The van der Waals surface area contributed by atoms with Crippen LogP contribution in [0.3, 0.4) is 0 Å². The maximum Gasteiger partial charge on any atom is 0.226 e. The van der Waals surface area contributed by atoms with Crippen LogP contribution >= 0.6 is 0 Å². The minimum atomic E-state index is -0.263. The number of aryl methyl sites for hydroxylation is 1. The maximum absolute atomic E-state index is 13.0. The number of imidazole rings is 1. The predicted molar refractivity (Wildman–Crippen MR) is 123 cm³/mol. The minimum absolute atomic E-state index is 0.128. The van der Waals surface area contributed by atoms with Crippen LogP contribution in [0.1, 0.15) is 44.7 Å². The van der Waals surface area contributed by atoms with Crippen molar-refractivity contribution in [3.8, 4) is 0 Å². The molecule has 0 saturated carbocycles. The number of hydrogen-bond acceptors (Lipinski definition) is 6. The Morgan fingerprint density at radius 1 is 1.09 bits per heavy atom. The molecule has 0 radical (unpaired) electrons. The van der Waals surface area contributed by atoms with Gasteiger partial charge in [0.1, 0.15) is 11.7 Å². The van der Waals surface area contributed by atoms with E-state index in [4.69, 9.17) is 5.10 Å². The Labute approximate surface area is 190 Å². The average molecular weight is 435 g/mol. The lowest BCUT2D eigenvalue weighted by Crippen LogP contribution is -2.38. The van der Waals surface area contributed by atoms with Crippen LogP contribution < -0.4 is 4.90 Å². The molecule has 8 nitrogen and oxygen atoms in total. The molecule has 1 aromatic carbocycles. The summed E-state index contributed by atoms with van der Waals surface area (Å²) in [5.74, 6) is 0.362. The fourth-order valence-electron chi connectivity index (χ4n) is 4.45. The molecule has 0 fully saturated rings. The van der Waals surface area contributed by atoms with Crippen molar-refractivity contribution in [2.24, 2.45) is 0 Å². The number of benzene rings is 1. The normalized spacial score (nSPS) is 15.5. The second-order valence-electron chi connectivity index (χ2n) is 8.14. The van der Waals surface area contributed by atoms with Crippen LogP contribution in [0.2, 0.25) is 0 Å². The number of hydrogen-bond donors (Lipinski definition) is 1. The summed E-state index contributed by atoms with van der Waals surface area (Å²) in [6.07, 6.45) is 6.08. The Morgan fingerprint density at radius 2 is 1.97 bits per heavy atom. The second kappa shape index (κ2) is 7.67. The Kier molecular flexibility index (Phi) is 4.50. The highest BCUT2D eigenvalue weighted by Crippen LogP contribution is 2.35. The van der Waals surface area contributed by atoms with Gasteiger partial charge in [-0.1, -0.05) is 36.4 Å². The topological polar surface area (TPSA) is 92.1 Å². The van der Waals surface area contributed by atoms with Crippen molar-refractivity contribution in [1.29, 1.82) is 0 Å². The molecular formula is C25H21N7O. The molecule has 162 valence electrons. The Hall–Kier alpha value is -4.33. The fraction of sp³-hybridized carbons (Fsp3) is 0.160. The first-order chi connectivity index (χ1) is 16.2. The lowest BCUT2D eigenvalue weighted by Gasteiger charge is -2.34. The van der Waals surface area contributed by atoms with Gasteiger partial charge in [-0.15, -0.1) is 0 Å². The SMILES string of the molecule is Cc1cccn2nc([C@@H]3c4nc[nH]c4CCN3c3nccc(C(=O)c4ccccc4)n3)cc12. The van der Waals surface area contributed by atoms with E-state index >= 15 is 0 Å². The van der Waals surface area contributed by atoms with Gasteiger partial charge >= 0.3 is 0 Å². The number of aromatic amines is 1. The maximum atomic E-state index is 13.0. The van der Waals surface area contributed by atoms with E-state index in [0.29, 0.717) is 23.8 Å². The van der Waals surface area contributed by atoms with Crippen molar-refractivity contribution in [3.63, 3.8) is 0 Å². The van der Waals surface area contributed by atoms with Crippen LogP contribution in [-0.4, -0.2) is 41.9 Å². The lowest BCUT2D eigenvalue weighted by atomic mass is 10.00. The van der Waals surface area contributed by atoms with Crippen molar-refractivity contribution < 1.29 is 4.79 Å². The molecule has 5 heterocycles. The van der Waals surface area contributed by atoms with Crippen LogP contribution in [-0.2, 0) is 6.42 Å². The number of ketones is 1. The average Bonchev–Trinajstić information content (AvgIpc) is 3.51. The molecule has 0 aliphatic carbocycles. The summed E-state index contributed by atoms with van der Waals surface area (Å²) in [7, 11) is 0. The van der Waals surface area contributed by atoms with Crippen LogP contribution in [0.5, 0.6) is 0 Å². The Morgan fingerprint density at radius 3 is 2.82 bits per heavy atom. The molecule has 4 aromatic heterocycles. The smallest absolute Gasteiger partial charge is 0.226 e. The molecular weight excluding hydrogens is 414 g/mol. The summed E-state index contributed by atoms with van der Waals surface area (Å²) >= 11 is 0. The number of rotatable bonds is 4. The number of aromatic nitrogens is 6. The van der Waals surface area contributed by atoms with Gasteiger partial charge in [0, 0.05) is 36.6 Å². The molecule has 6 rings (SSSR count). The highest BCUT2D eigenvalue weighted by atomic mass is 16.1. The number of fused-ring (bicyclic) bond motifs is 2. The quantitative estimate of drug-likeness (QED) is 0.434. The van der Waals surface area contributed by atoms with Crippen LogP contribution in [0.25, 0.3) is 5.52 Å². The molecule has 1 atom stereocenters. The van der Waals surface area contributed by atoms with Gasteiger partial charge in [-0.3, -0.25) is 4.79 Å². The van der Waals surface area contributed by atoms with E-state index in [1.165, 1.54) is 0 Å². The van der Waals surface area contributed by atoms with Gasteiger partial charge in [0.15, 0.2) is 0 Å². The molecule has 5 aromatic rings. The summed E-state index contributed by atoms with van der Waals surface area (Å²) in [5.41, 5.74) is 6.01. The van der Waals surface area contributed by atoms with Gasteiger partial charge in [-0.05, 0) is 30.7 Å². The van der Waals surface area contributed by atoms with E-state index < -0.39 is 0 Å². The van der Waals surface area contributed by atoms with Crippen molar-refractivity contribution >= 4 is 17.2 Å². The molecule has 1 N–H and O–H groups in total. The highest BCUT2D eigenvalue weighted by Gasteiger charge is 2.35. The number of H-pyrrole nitrogens is 1.